The van der Waals surface area contributed by atoms with Gasteiger partial charge in [-0.1, -0.05) is 24.3 Å². The minimum Gasteiger partial charge on any atom is -0.439 e. The lowest BCUT2D eigenvalue weighted by molar-refractivity contribution is 0.0746. The fourth-order valence-electron chi connectivity index (χ4n) is 3.59. The second-order valence-corrected chi connectivity index (χ2v) is 7.75. The summed E-state index contributed by atoms with van der Waals surface area (Å²) < 4.78 is 5.89. The Kier molecular flexibility index (Phi) is 6.02. The van der Waals surface area contributed by atoms with Crippen LogP contribution in [0.4, 0.5) is 11.5 Å². The fourth-order valence-corrected chi connectivity index (χ4v) is 3.59. The Labute approximate surface area is 182 Å². The normalized spacial score (nSPS) is 13.8. The molecule has 0 aliphatic carbocycles. The van der Waals surface area contributed by atoms with E-state index in [-0.39, 0.29) is 5.91 Å². The zero-order valence-corrected chi connectivity index (χ0v) is 18.2. The van der Waals surface area contributed by atoms with E-state index < -0.39 is 0 Å². The fraction of sp³-hybridized carbons (Fsp3) is 0.292. The molecular weight excluding hydrogens is 390 g/mol. The van der Waals surface area contributed by atoms with Crippen molar-refractivity contribution < 1.29 is 9.53 Å². The van der Waals surface area contributed by atoms with E-state index in [1.165, 1.54) is 0 Å². The molecule has 0 saturated carbocycles. The molecule has 31 heavy (non-hydrogen) atoms. The van der Waals surface area contributed by atoms with Gasteiger partial charge in [0.15, 0.2) is 0 Å². The van der Waals surface area contributed by atoms with Gasteiger partial charge in [-0.3, -0.25) is 4.79 Å². The van der Waals surface area contributed by atoms with Crippen molar-refractivity contribution in [2.45, 2.75) is 6.92 Å². The first kappa shape index (κ1) is 20.7. The number of nitrogens with zero attached hydrogens (tertiary/aromatic N) is 5. The van der Waals surface area contributed by atoms with E-state index in [0.29, 0.717) is 37.9 Å². The van der Waals surface area contributed by atoms with Crippen molar-refractivity contribution >= 4 is 17.4 Å². The summed E-state index contributed by atoms with van der Waals surface area (Å²) in [6.45, 7) is 4.56. The monoisotopic (exact) mass is 417 g/mol. The van der Waals surface area contributed by atoms with Crippen molar-refractivity contribution in [1.82, 2.24) is 14.9 Å². The van der Waals surface area contributed by atoms with Crippen LogP contribution in [0.1, 0.15) is 16.2 Å². The molecule has 1 amide bonds. The largest absolute Gasteiger partial charge is 0.439 e. The SMILES string of the molecule is Cc1nc(Oc2ccccc2)cc(N2CCN(C(=O)c3cccc(N(C)C)c3)CC2)n1. The molecule has 0 radical (unpaired) electrons. The molecule has 1 aliphatic rings. The number of para-hydroxylation sites is 1. The van der Waals surface area contributed by atoms with Gasteiger partial charge >= 0.3 is 0 Å². The Hall–Kier alpha value is -3.61. The summed E-state index contributed by atoms with van der Waals surface area (Å²) in [6, 6.07) is 19.2. The van der Waals surface area contributed by atoms with Crippen molar-refractivity contribution in [2.24, 2.45) is 0 Å². The van der Waals surface area contributed by atoms with E-state index >= 15 is 0 Å². The van der Waals surface area contributed by atoms with E-state index in [1.54, 1.807) is 0 Å². The highest BCUT2D eigenvalue weighted by Crippen LogP contribution is 2.24. The van der Waals surface area contributed by atoms with Crippen LogP contribution in [0, 0.1) is 6.92 Å². The highest BCUT2D eigenvalue weighted by molar-refractivity contribution is 5.95. The summed E-state index contributed by atoms with van der Waals surface area (Å²) in [4.78, 5) is 28.0. The van der Waals surface area contributed by atoms with E-state index in [4.69, 9.17) is 4.74 Å². The molecule has 3 aromatic rings. The number of aryl methyl sites for hydroxylation is 1. The molecule has 1 aliphatic heterocycles. The number of hydrogen-bond acceptors (Lipinski definition) is 6. The number of benzene rings is 2. The Bertz CT molecular complexity index is 1050. The van der Waals surface area contributed by atoms with Gasteiger partial charge in [-0.25, -0.2) is 4.98 Å². The molecule has 160 valence electrons. The zero-order chi connectivity index (χ0) is 21.8. The number of piperazine rings is 1. The van der Waals surface area contributed by atoms with Gasteiger partial charge < -0.3 is 19.4 Å². The van der Waals surface area contributed by atoms with Crippen molar-refractivity contribution in [1.29, 1.82) is 0 Å². The Balaban J connectivity index is 1.43. The molecule has 4 rings (SSSR count). The molecule has 2 aromatic carbocycles. The highest BCUT2D eigenvalue weighted by Gasteiger charge is 2.24. The van der Waals surface area contributed by atoms with Crippen molar-refractivity contribution in [2.75, 3.05) is 50.1 Å². The molecular formula is C24H27N5O2. The average molecular weight is 418 g/mol. The molecule has 0 spiro atoms. The Morgan fingerprint density at radius 2 is 1.68 bits per heavy atom. The number of carbonyl (C=O) groups is 1. The van der Waals surface area contributed by atoms with Crippen LogP contribution >= 0.6 is 0 Å². The smallest absolute Gasteiger partial charge is 0.254 e. The third kappa shape index (κ3) is 4.94. The van der Waals surface area contributed by atoms with Crippen LogP contribution in [0.3, 0.4) is 0 Å². The lowest BCUT2D eigenvalue weighted by Gasteiger charge is -2.35. The number of anilines is 2. The van der Waals surface area contributed by atoms with Gasteiger partial charge in [-0.2, -0.15) is 4.98 Å². The van der Waals surface area contributed by atoms with Gasteiger partial charge in [-0.05, 0) is 37.3 Å². The molecule has 7 nitrogen and oxygen atoms in total. The minimum absolute atomic E-state index is 0.0651. The molecule has 0 unspecified atom stereocenters. The first-order chi connectivity index (χ1) is 15.0. The van der Waals surface area contributed by atoms with E-state index in [0.717, 1.165) is 22.8 Å². The standard InChI is InChI=1S/C24H27N5O2/c1-18-25-22(17-23(26-18)31-21-10-5-4-6-11-21)28-12-14-29(15-13-28)24(30)19-8-7-9-20(16-19)27(2)3/h4-11,16-17H,12-15H2,1-3H3. The van der Waals surface area contributed by atoms with E-state index in [1.807, 2.05) is 91.5 Å². The van der Waals surface area contributed by atoms with Crippen LogP contribution in [-0.4, -0.2) is 61.0 Å². The van der Waals surface area contributed by atoms with Crippen molar-refractivity contribution in [3.05, 3.63) is 72.1 Å². The molecule has 0 bridgehead atoms. The summed E-state index contributed by atoms with van der Waals surface area (Å²) in [6.07, 6.45) is 0. The predicted molar refractivity (Wildman–Crippen MR) is 122 cm³/mol. The van der Waals surface area contributed by atoms with Crippen LogP contribution in [-0.2, 0) is 0 Å². The molecule has 2 heterocycles. The van der Waals surface area contributed by atoms with Crippen LogP contribution in [0.15, 0.2) is 60.7 Å². The molecule has 0 N–H and O–H groups in total. The van der Waals surface area contributed by atoms with E-state index in [2.05, 4.69) is 14.9 Å². The van der Waals surface area contributed by atoms with Crippen LogP contribution < -0.4 is 14.5 Å². The Morgan fingerprint density at radius 3 is 2.39 bits per heavy atom. The summed E-state index contributed by atoms with van der Waals surface area (Å²) in [5, 5.41) is 0. The second-order valence-electron chi connectivity index (χ2n) is 7.75. The number of hydrogen-bond donors (Lipinski definition) is 0. The lowest BCUT2D eigenvalue weighted by atomic mass is 10.1. The molecule has 0 atom stereocenters. The number of ether oxygens (including phenoxy) is 1. The van der Waals surface area contributed by atoms with Crippen molar-refractivity contribution in [3.8, 4) is 11.6 Å². The van der Waals surface area contributed by atoms with Crippen LogP contribution in [0.5, 0.6) is 11.6 Å². The van der Waals surface area contributed by atoms with Gasteiger partial charge in [-0.15, -0.1) is 0 Å². The number of aromatic nitrogens is 2. The highest BCUT2D eigenvalue weighted by atomic mass is 16.5. The quantitative estimate of drug-likeness (QED) is 0.632. The van der Waals surface area contributed by atoms with Crippen LogP contribution in [0.25, 0.3) is 0 Å². The summed E-state index contributed by atoms with van der Waals surface area (Å²) >= 11 is 0. The number of rotatable bonds is 5. The molecule has 1 aromatic heterocycles. The topological polar surface area (TPSA) is 61.8 Å². The first-order valence-electron chi connectivity index (χ1n) is 10.4. The van der Waals surface area contributed by atoms with Crippen molar-refractivity contribution in [3.63, 3.8) is 0 Å². The third-order valence-corrected chi connectivity index (χ3v) is 5.27. The zero-order valence-electron chi connectivity index (χ0n) is 18.2. The summed E-state index contributed by atoms with van der Waals surface area (Å²) in [5.41, 5.74) is 1.74. The molecule has 1 fully saturated rings. The average Bonchev–Trinajstić information content (AvgIpc) is 2.79. The second kappa shape index (κ2) is 9.04. The summed E-state index contributed by atoms with van der Waals surface area (Å²) in [7, 11) is 3.95. The predicted octanol–water partition coefficient (Wildman–Crippen LogP) is 3.61. The number of amides is 1. The lowest BCUT2D eigenvalue weighted by Crippen LogP contribution is -2.49. The maximum absolute atomic E-state index is 13.0. The maximum atomic E-state index is 13.0. The molecule has 1 saturated heterocycles. The first-order valence-corrected chi connectivity index (χ1v) is 10.4. The van der Waals surface area contributed by atoms with Gasteiger partial charge in [0.25, 0.3) is 5.91 Å². The van der Waals surface area contributed by atoms with Gasteiger partial charge in [0, 0.05) is 57.6 Å². The van der Waals surface area contributed by atoms with Gasteiger partial charge in [0.2, 0.25) is 5.88 Å². The maximum Gasteiger partial charge on any atom is 0.254 e. The number of carbonyl (C=O) groups excluding carboxylic acids is 1. The summed E-state index contributed by atoms with van der Waals surface area (Å²) in [5.74, 6) is 2.80. The van der Waals surface area contributed by atoms with Crippen LogP contribution in [0.2, 0.25) is 0 Å². The Morgan fingerprint density at radius 1 is 0.935 bits per heavy atom. The van der Waals surface area contributed by atoms with Gasteiger partial charge in [0.1, 0.15) is 17.4 Å². The van der Waals surface area contributed by atoms with Gasteiger partial charge in [0.05, 0.1) is 0 Å². The minimum atomic E-state index is 0.0651. The van der Waals surface area contributed by atoms with E-state index in [9.17, 15) is 4.79 Å². The third-order valence-electron chi connectivity index (χ3n) is 5.27. The molecule has 7 heteroatoms.